The van der Waals surface area contributed by atoms with Crippen molar-refractivity contribution in [2.75, 3.05) is 11.9 Å². The summed E-state index contributed by atoms with van der Waals surface area (Å²) in [6, 6.07) is 15.9. The number of imide groups is 1. The Morgan fingerprint density at radius 1 is 1.16 bits per heavy atom. The van der Waals surface area contributed by atoms with E-state index in [1.807, 2.05) is 6.92 Å². The zero-order valence-electron chi connectivity index (χ0n) is 19.8. The molecule has 0 saturated carbocycles. The number of non-ortho nitro benzene ring substituents is 1. The van der Waals surface area contributed by atoms with Gasteiger partial charge in [0.1, 0.15) is 5.75 Å². The van der Waals surface area contributed by atoms with Gasteiger partial charge in [-0.05, 0) is 81.6 Å². The van der Waals surface area contributed by atoms with Gasteiger partial charge in [0, 0.05) is 22.8 Å². The third-order valence-corrected chi connectivity index (χ3v) is 7.36. The molecule has 0 aromatic heterocycles. The topological polar surface area (TPSA) is 119 Å². The van der Waals surface area contributed by atoms with Crippen LogP contribution in [0.1, 0.15) is 16.7 Å². The van der Waals surface area contributed by atoms with Crippen molar-refractivity contribution in [3.8, 4) is 5.75 Å². The average molecular weight is 617 g/mol. The fourth-order valence-corrected chi connectivity index (χ4v) is 4.96. The molecule has 1 heterocycles. The van der Waals surface area contributed by atoms with Gasteiger partial charge < -0.3 is 10.1 Å². The molecule has 0 radical (unpaired) electrons. The van der Waals surface area contributed by atoms with Crippen molar-refractivity contribution in [2.24, 2.45) is 0 Å². The number of halogens is 2. The SMILES string of the molecule is Cc1ccc(NC(=O)COc2ccc(/C=C3\SC(=O)N(Cc4ccc([N+](=O)[O-])cc4)C3=O)cc2Br)cc1Cl. The first-order valence-corrected chi connectivity index (χ1v) is 13.1. The van der Waals surface area contributed by atoms with Gasteiger partial charge in [-0.25, -0.2) is 0 Å². The molecule has 3 aromatic rings. The van der Waals surface area contributed by atoms with E-state index in [0.717, 1.165) is 22.2 Å². The van der Waals surface area contributed by atoms with Crippen LogP contribution in [0.15, 0.2) is 70.0 Å². The van der Waals surface area contributed by atoms with Crippen LogP contribution in [0, 0.1) is 17.0 Å². The Bertz CT molecular complexity index is 1480. The summed E-state index contributed by atoms with van der Waals surface area (Å²) >= 11 is 10.3. The molecule has 1 N–H and O–H groups in total. The largest absolute Gasteiger partial charge is 0.483 e. The van der Waals surface area contributed by atoms with Crippen molar-refractivity contribution < 1.29 is 24.0 Å². The second-order valence-corrected chi connectivity index (χ2v) is 10.4. The molecular weight excluding hydrogens is 598 g/mol. The van der Waals surface area contributed by atoms with Gasteiger partial charge in [-0.3, -0.25) is 29.4 Å². The van der Waals surface area contributed by atoms with Crippen molar-refractivity contribution in [3.05, 3.63) is 102 Å². The number of carbonyl (C=O) groups excluding carboxylic acids is 3. The molecule has 1 aliphatic rings. The fraction of sp³-hybridized carbons (Fsp3) is 0.115. The van der Waals surface area contributed by atoms with Gasteiger partial charge in [-0.2, -0.15) is 0 Å². The van der Waals surface area contributed by atoms with E-state index in [1.54, 1.807) is 42.5 Å². The van der Waals surface area contributed by atoms with Crippen LogP contribution < -0.4 is 10.1 Å². The summed E-state index contributed by atoms with van der Waals surface area (Å²) in [6.45, 7) is 1.64. The van der Waals surface area contributed by atoms with Crippen LogP contribution in [-0.2, 0) is 16.1 Å². The van der Waals surface area contributed by atoms with Crippen LogP contribution in [0.4, 0.5) is 16.2 Å². The summed E-state index contributed by atoms with van der Waals surface area (Å²) in [5, 5.41) is 13.7. The Morgan fingerprint density at radius 3 is 2.55 bits per heavy atom. The van der Waals surface area contributed by atoms with Gasteiger partial charge in [0.05, 0.1) is 20.8 Å². The van der Waals surface area contributed by atoms with Gasteiger partial charge in [-0.1, -0.05) is 35.9 Å². The lowest BCUT2D eigenvalue weighted by atomic mass is 10.2. The number of hydrogen-bond donors (Lipinski definition) is 1. The lowest BCUT2D eigenvalue weighted by molar-refractivity contribution is -0.384. The minimum atomic E-state index is -0.516. The number of hydrogen-bond acceptors (Lipinski definition) is 7. The highest BCUT2D eigenvalue weighted by molar-refractivity contribution is 9.10. The fourth-order valence-electron chi connectivity index (χ4n) is 3.43. The van der Waals surface area contributed by atoms with E-state index in [9.17, 15) is 24.5 Å². The van der Waals surface area contributed by atoms with E-state index in [2.05, 4.69) is 21.2 Å². The van der Waals surface area contributed by atoms with Crippen LogP contribution >= 0.6 is 39.3 Å². The molecule has 194 valence electrons. The van der Waals surface area contributed by atoms with Crippen molar-refractivity contribution >= 4 is 73.8 Å². The molecule has 0 atom stereocenters. The molecule has 0 spiro atoms. The van der Waals surface area contributed by atoms with Crippen LogP contribution in [0.25, 0.3) is 6.08 Å². The zero-order valence-corrected chi connectivity index (χ0v) is 22.9. The number of nitro groups is 1. The number of nitrogens with zero attached hydrogens (tertiary/aromatic N) is 2. The maximum absolute atomic E-state index is 12.8. The monoisotopic (exact) mass is 615 g/mol. The first kappa shape index (κ1) is 27.4. The number of anilines is 1. The van der Waals surface area contributed by atoms with Gasteiger partial charge in [0.25, 0.3) is 22.7 Å². The third-order valence-electron chi connectivity index (χ3n) is 5.43. The highest BCUT2D eigenvalue weighted by atomic mass is 79.9. The van der Waals surface area contributed by atoms with Gasteiger partial charge in [0.15, 0.2) is 6.61 Å². The molecule has 3 amide bonds. The summed E-state index contributed by atoms with van der Waals surface area (Å²) in [5.41, 5.74) is 2.63. The molecule has 0 bridgehead atoms. The van der Waals surface area contributed by atoms with Gasteiger partial charge in [0.2, 0.25) is 0 Å². The van der Waals surface area contributed by atoms with Crippen LogP contribution in [0.3, 0.4) is 0 Å². The predicted molar refractivity (Wildman–Crippen MR) is 149 cm³/mol. The molecule has 4 rings (SSSR count). The van der Waals surface area contributed by atoms with E-state index in [1.165, 1.54) is 24.3 Å². The first-order valence-electron chi connectivity index (χ1n) is 11.1. The predicted octanol–water partition coefficient (Wildman–Crippen LogP) is 6.57. The summed E-state index contributed by atoms with van der Waals surface area (Å²) < 4.78 is 6.16. The summed E-state index contributed by atoms with van der Waals surface area (Å²) in [6.07, 6.45) is 1.59. The van der Waals surface area contributed by atoms with Crippen LogP contribution in [-0.4, -0.2) is 33.5 Å². The van der Waals surface area contributed by atoms with Crippen molar-refractivity contribution in [3.63, 3.8) is 0 Å². The number of rotatable bonds is 8. The quantitative estimate of drug-likeness (QED) is 0.173. The number of nitro benzene ring substituents is 1. The molecule has 38 heavy (non-hydrogen) atoms. The molecule has 1 fully saturated rings. The second kappa shape index (κ2) is 11.8. The Kier molecular flexibility index (Phi) is 8.50. The van der Waals surface area contributed by atoms with Crippen molar-refractivity contribution in [1.82, 2.24) is 4.90 Å². The smallest absolute Gasteiger partial charge is 0.293 e. The Labute approximate surface area is 235 Å². The second-order valence-electron chi connectivity index (χ2n) is 8.18. The number of nitrogens with one attached hydrogen (secondary N) is 1. The lowest BCUT2D eigenvalue weighted by Gasteiger charge is -2.12. The lowest BCUT2D eigenvalue weighted by Crippen LogP contribution is -2.27. The van der Waals surface area contributed by atoms with E-state index in [-0.39, 0.29) is 29.7 Å². The van der Waals surface area contributed by atoms with E-state index in [4.69, 9.17) is 16.3 Å². The number of aryl methyl sites for hydroxylation is 1. The Morgan fingerprint density at radius 2 is 1.89 bits per heavy atom. The Hall–Kier alpha value is -3.67. The summed E-state index contributed by atoms with van der Waals surface area (Å²) in [7, 11) is 0. The molecule has 0 unspecified atom stereocenters. The highest BCUT2D eigenvalue weighted by Gasteiger charge is 2.35. The van der Waals surface area contributed by atoms with Gasteiger partial charge >= 0.3 is 0 Å². The van der Waals surface area contributed by atoms with Crippen molar-refractivity contribution in [1.29, 1.82) is 0 Å². The third kappa shape index (κ3) is 6.60. The normalized spacial score (nSPS) is 14.2. The van der Waals surface area contributed by atoms with Crippen LogP contribution in [0.2, 0.25) is 5.02 Å². The number of ether oxygens (including phenoxy) is 1. The molecule has 0 aliphatic carbocycles. The van der Waals surface area contributed by atoms with E-state index in [0.29, 0.717) is 32.1 Å². The minimum Gasteiger partial charge on any atom is -0.483 e. The molecule has 9 nitrogen and oxygen atoms in total. The molecule has 3 aromatic carbocycles. The standard InChI is InChI=1S/C26H19BrClN3O6S/c1-15-2-6-18(12-21(15)28)29-24(32)14-37-22-9-5-17(10-20(22)27)11-23-25(33)30(26(34)38-23)13-16-3-7-19(8-4-16)31(35)36/h2-12H,13-14H2,1H3,(H,29,32)/b23-11-. The van der Waals surface area contributed by atoms with Crippen LogP contribution in [0.5, 0.6) is 5.75 Å². The van der Waals surface area contributed by atoms with E-state index < -0.39 is 16.1 Å². The highest BCUT2D eigenvalue weighted by Crippen LogP contribution is 2.35. The maximum Gasteiger partial charge on any atom is 0.293 e. The zero-order chi connectivity index (χ0) is 27.4. The van der Waals surface area contributed by atoms with E-state index >= 15 is 0 Å². The van der Waals surface area contributed by atoms with Gasteiger partial charge in [-0.15, -0.1) is 0 Å². The number of amides is 3. The summed E-state index contributed by atoms with van der Waals surface area (Å²) in [5.74, 6) is -0.393. The molecule has 1 saturated heterocycles. The molecule has 12 heteroatoms. The number of thioether (sulfide) groups is 1. The first-order chi connectivity index (χ1) is 18.1. The molecular formula is C26H19BrClN3O6S. The number of benzene rings is 3. The average Bonchev–Trinajstić information content (AvgIpc) is 3.13. The molecule has 1 aliphatic heterocycles. The Balaban J connectivity index is 1.37. The minimum absolute atomic E-state index is 0.00727. The number of carbonyl (C=O) groups is 3. The maximum atomic E-state index is 12.8. The van der Waals surface area contributed by atoms with Crippen molar-refractivity contribution in [2.45, 2.75) is 13.5 Å². The summed E-state index contributed by atoms with van der Waals surface area (Å²) in [4.78, 5) is 49.2.